The van der Waals surface area contributed by atoms with Gasteiger partial charge in [0, 0.05) is 11.1 Å². The SMILES string of the molecule is COc1ccc(OC)c2c1CN(C(=O)c1ccc(C(=O)O)o1)CC2O. The fourth-order valence-electron chi connectivity index (χ4n) is 2.95. The highest BCUT2D eigenvalue weighted by molar-refractivity contribution is 5.93. The van der Waals surface area contributed by atoms with Gasteiger partial charge in [-0.25, -0.2) is 4.79 Å². The monoisotopic (exact) mass is 347 g/mol. The number of carboxylic acids is 1. The number of amides is 1. The summed E-state index contributed by atoms with van der Waals surface area (Å²) in [6, 6.07) is 5.92. The van der Waals surface area contributed by atoms with Gasteiger partial charge >= 0.3 is 5.97 Å². The van der Waals surface area contributed by atoms with Crippen LogP contribution in [0.25, 0.3) is 0 Å². The topological polar surface area (TPSA) is 109 Å². The lowest BCUT2D eigenvalue weighted by Gasteiger charge is -2.33. The molecule has 1 unspecified atom stereocenters. The molecule has 1 amide bonds. The number of carboxylic acid groups (broad SMARTS) is 1. The summed E-state index contributed by atoms with van der Waals surface area (Å²) in [5.41, 5.74) is 1.22. The number of aromatic carboxylic acids is 1. The van der Waals surface area contributed by atoms with Gasteiger partial charge in [0.05, 0.1) is 27.3 Å². The van der Waals surface area contributed by atoms with Crippen LogP contribution in [0.4, 0.5) is 0 Å². The van der Waals surface area contributed by atoms with Crippen molar-refractivity contribution in [3.8, 4) is 11.5 Å². The van der Waals surface area contributed by atoms with Crippen molar-refractivity contribution in [3.63, 3.8) is 0 Å². The number of aliphatic hydroxyl groups is 1. The van der Waals surface area contributed by atoms with E-state index in [1.54, 1.807) is 12.1 Å². The maximum Gasteiger partial charge on any atom is 0.371 e. The lowest BCUT2D eigenvalue weighted by Crippen LogP contribution is -2.38. The molecule has 1 aliphatic heterocycles. The molecule has 25 heavy (non-hydrogen) atoms. The highest BCUT2D eigenvalue weighted by Gasteiger charge is 2.33. The van der Waals surface area contributed by atoms with Gasteiger partial charge < -0.3 is 29.0 Å². The maximum absolute atomic E-state index is 12.6. The van der Waals surface area contributed by atoms with E-state index in [2.05, 4.69) is 0 Å². The fourth-order valence-corrected chi connectivity index (χ4v) is 2.95. The third-order valence-electron chi connectivity index (χ3n) is 4.10. The highest BCUT2D eigenvalue weighted by Crippen LogP contribution is 2.39. The van der Waals surface area contributed by atoms with Crippen LogP contribution in [-0.4, -0.2) is 47.8 Å². The van der Waals surface area contributed by atoms with Crippen molar-refractivity contribution in [2.45, 2.75) is 12.6 Å². The molecule has 0 bridgehead atoms. The van der Waals surface area contributed by atoms with Gasteiger partial charge in [-0.3, -0.25) is 4.79 Å². The number of carbonyl (C=O) groups is 2. The molecule has 8 nitrogen and oxygen atoms in total. The van der Waals surface area contributed by atoms with Crippen LogP contribution < -0.4 is 9.47 Å². The van der Waals surface area contributed by atoms with E-state index in [9.17, 15) is 14.7 Å². The van der Waals surface area contributed by atoms with E-state index in [1.807, 2.05) is 0 Å². The Morgan fingerprint density at radius 2 is 1.76 bits per heavy atom. The number of fused-ring (bicyclic) bond motifs is 1. The Balaban J connectivity index is 1.94. The van der Waals surface area contributed by atoms with Gasteiger partial charge in [-0.1, -0.05) is 0 Å². The van der Waals surface area contributed by atoms with Crippen LogP contribution in [0.1, 0.15) is 38.3 Å². The standard InChI is InChI=1S/C17H17NO7/c1-23-11-3-4-12(24-2)15-9(11)7-18(8-10(15)19)16(20)13-5-6-14(25-13)17(21)22/h3-6,10,19H,7-8H2,1-2H3,(H,21,22). The molecule has 8 heteroatoms. The van der Waals surface area contributed by atoms with Gasteiger partial charge in [-0.15, -0.1) is 0 Å². The number of rotatable bonds is 4. The summed E-state index contributed by atoms with van der Waals surface area (Å²) in [6.07, 6.45) is -0.966. The van der Waals surface area contributed by atoms with E-state index in [-0.39, 0.29) is 24.6 Å². The summed E-state index contributed by atoms with van der Waals surface area (Å²) in [6.45, 7) is 0.202. The van der Waals surface area contributed by atoms with Crippen LogP contribution in [0, 0.1) is 0 Å². The summed E-state index contributed by atoms with van der Waals surface area (Å²) >= 11 is 0. The Labute approximate surface area is 143 Å². The van der Waals surface area contributed by atoms with Gasteiger partial charge in [-0.05, 0) is 24.3 Å². The van der Waals surface area contributed by atoms with E-state index in [0.717, 1.165) is 0 Å². The Morgan fingerprint density at radius 1 is 1.12 bits per heavy atom. The minimum Gasteiger partial charge on any atom is -0.496 e. The Hall–Kier alpha value is -3.00. The summed E-state index contributed by atoms with van der Waals surface area (Å²) in [4.78, 5) is 24.9. The molecule has 1 atom stereocenters. The number of methoxy groups -OCH3 is 2. The van der Waals surface area contributed by atoms with Crippen molar-refractivity contribution in [1.82, 2.24) is 4.90 Å². The van der Waals surface area contributed by atoms with Crippen LogP contribution in [0.5, 0.6) is 11.5 Å². The molecular weight excluding hydrogens is 330 g/mol. The van der Waals surface area contributed by atoms with Gasteiger partial charge in [0.1, 0.15) is 17.6 Å². The predicted octanol–water partition coefficient (Wildman–Crippen LogP) is 1.68. The molecule has 0 saturated carbocycles. The Bertz CT molecular complexity index is 826. The minimum absolute atomic E-state index is 0.0263. The molecule has 0 fully saturated rings. The van der Waals surface area contributed by atoms with Crippen LogP contribution in [0.15, 0.2) is 28.7 Å². The molecule has 0 radical (unpaired) electrons. The number of furan rings is 1. The van der Waals surface area contributed by atoms with Crippen molar-refractivity contribution in [2.75, 3.05) is 20.8 Å². The van der Waals surface area contributed by atoms with E-state index < -0.39 is 18.0 Å². The number of β-amino-alcohol motifs (C(OH)–C–C–N with tert-alkyl or cyclic N) is 1. The van der Waals surface area contributed by atoms with Crippen molar-refractivity contribution < 1.29 is 33.7 Å². The average Bonchev–Trinajstić information content (AvgIpc) is 3.10. The second-order valence-electron chi connectivity index (χ2n) is 5.53. The molecule has 1 aromatic heterocycles. The van der Waals surface area contributed by atoms with Crippen molar-refractivity contribution in [3.05, 3.63) is 46.9 Å². The van der Waals surface area contributed by atoms with E-state index >= 15 is 0 Å². The molecule has 1 aromatic carbocycles. The first-order valence-electron chi connectivity index (χ1n) is 7.50. The van der Waals surface area contributed by atoms with Crippen LogP contribution >= 0.6 is 0 Å². The molecule has 2 N–H and O–H groups in total. The molecule has 0 spiro atoms. The van der Waals surface area contributed by atoms with Gasteiger partial charge in [0.25, 0.3) is 5.91 Å². The van der Waals surface area contributed by atoms with Crippen LogP contribution in [0.3, 0.4) is 0 Å². The van der Waals surface area contributed by atoms with Crippen LogP contribution in [0.2, 0.25) is 0 Å². The predicted molar refractivity (Wildman–Crippen MR) is 84.9 cm³/mol. The zero-order valence-electron chi connectivity index (χ0n) is 13.7. The zero-order valence-corrected chi connectivity index (χ0v) is 13.7. The fraction of sp³-hybridized carbons (Fsp3) is 0.294. The molecule has 2 aromatic rings. The highest BCUT2D eigenvalue weighted by atomic mass is 16.5. The molecule has 0 aliphatic carbocycles. The van der Waals surface area contributed by atoms with Crippen LogP contribution in [-0.2, 0) is 6.54 Å². The summed E-state index contributed by atoms with van der Waals surface area (Å²) in [5.74, 6) is -1.15. The number of nitrogens with zero attached hydrogens (tertiary/aromatic N) is 1. The molecular formula is C17H17NO7. The number of aliphatic hydroxyl groups excluding tert-OH is 1. The Morgan fingerprint density at radius 3 is 2.36 bits per heavy atom. The molecule has 0 saturated heterocycles. The third-order valence-corrected chi connectivity index (χ3v) is 4.10. The third kappa shape index (κ3) is 2.91. The van der Waals surface area contributed by atoms with Gasteiger partial charge in [0.15, 0.2) is 5.76 Å². The average molecular weight is 347 g/mol. The quantitative estimate of drug-likeness (QED) is 0.866. The normalized spacial score (nSPS) is 16.3. The maximum atomic E-state index is 12.6. The minimum atomic E-state index is -1.26. The lowest BCUT2D eigenvalue weighted by atomic mass is 9.95. The number of ether oxygens (including phenoxy) is 2. The van der Waals surface area contributed by atoms with Crippen molar-refractivity contribution in [1.29, 1.82) is 0 Å². The number of carbonyl (C=O) groups excluding carboxylic acids is 1. The summed E-state index contributed by atoms with van der Waals surface area (Å²) < 4.78 is 15.7. The summed E-state index contributed by atoms with van der Waals surface area (Å²) in [7, 11) is 3.00. The lowest BCUT2D eigenvalue weighted by molar-refractivity contribution is 0.0504. The van der Waals surface area contributed by atoms with Gasteiger partial charge in [0.2, 0.25) is 5.76 Å². The number of hydrogen-bond donors (Lipinski definition) is 2. The number of benzene rings is 1. The van der Waals surface area contributed by atoms with E-state index in [1.165, 1.54) is 31.3 Å². The van der Waals surface area contributed by atoms with Gasteiger partial charge in [-0.2, -0.15) is 0 Å². The number of hydrogen-bond acceptors (Lipinski definition) is 6. The molecule has 1 aliphatic rings. The molecule has 2 heterocycles. The first kappa shape index (κ1) is 16.8. The largest absolute Gasteiger partial charge is 0.496 e. The smallest absolute Gasteiger partial charge is 0.371 e. The van der Waals surface area contributed by atoms with E-state index in [4.69, 9.17) is 19.0 Å². The first-order chi connectivity index (χ1) is 12.0. The first-order valence-corrected chi connectivity index (χ1v) is 7.50. The second kappa shape index (κ2) is 6.48. The second-order valence-corrected chi connectivity index (χ2v) is 5.53. The van der Waals surface area contributed by atoms with E-state index in [0.29, 0.717) is 22.6 Å². The summed E-state index contributed by atoms with van der Waals surface area (Å²) in [5, 5.41) is 19.4. The van der Waals surface area contributed by atoms with Crippen molar-refractivity contribution in [2.24, 2.45) is 0 Å². The molecule has 132 valence electrons. The zero-order chi connectivity index (χ0) is 18.1. The Kier molecular flexibility index (Phi) is 4.37. The molecule has 3 rings (SSSR count). The van der Waals surface area contributed by atoms with Crippen molar-refractivity contribution >= 4 is 11.9 Å².